The molecule has 1 aliphatic rings. The van der Waals surface area contributed by atoms with Gasteiger partial charge in [0.1, 0.15) is 0 Å². The average Bonchev–Trinajstić information content (AvgIpc) is 3.19. The average molecular weight is 423 g/mol. The van der Waals surface area contributed by atoms with Gasteiger partial charge in [-0.1, -0.05) is 35.9 Å². The van der Waals surface area contributed by atoms with Gasteiger partial charge in [0.2, 0.25) is 10.0 Å². The van der Waals surface area contributed by atoms with Crippen LogP contribution in [0.25, 0.3) is 0 Å². The molecule has 2 atom stereocenters. The van der Waals surface area contributed by atoms with Crippen LogP contribution in [0.1, 0.15) is 17.5 Å². The van der Waals surface area contributed by atoms with E-state index in [0.29, 0.717) is 23.6 Å². The van der Waals surface area contributed by atoms with Crippen LogP contribution in [-0.2, 0) is 27.8 Å². The van der Waals surface area contributed by atoms with Crippen LogP contribution in [0.3, 0.4) is 0 Å². The molecule has 6 nitrogen and oxygen atoms in total. The van der Waals surface area contributed by atoms with E-state index in [9.17, 15) is 18.3 Å². The highest BCUT2D eigenvalue weighted by molar-refractivity contribution is 7.89. The largest absolute Gasteiger partial charge is 0.481 e. The Labute approximate surface area is 170 Å². The molecule has 1 saturated heterocycles. The minimum Gasteiger partial charge on any atom is -0.481 e. The number of hydrogen-bond acceptors (Lipinski definition) is 4. The molecule has 0 saturated carbocycles. The van der Waals surface area contributed by atoms with E-state index in [2.05, 4.69) is 10.0 Å². The fraction of sp³-hybridized carbons (Fsp3) is 0.350. The predicted molar refractivity (Wildman–Crippen MR) is 108 cm³/mol. The van der Waals surface area contributed by atoms with Gasteiger partial charge >= 0.3 is 5.97 Å². The van der Waals surface area contributed by atoms with E-state index < -0.39 is 21.9 Å². The molecule has 3 N–H and O–H groups in total. The number of aliphatic carboxylic acids is 1. The summed E-state index contributed by atoms with van der Waals surface area (Å²) in [7, 11) is -3.72. The third kappa shape index (κ3) is 5.32. The van der Waals surface area contributed by atoms with Crippen molar-refractivity contribution < 1.29 is 18.3 Å². The Morgan fingerprint density at radius 3 is 2.64 bits per heavy atom. The van der Waals surface area contributed by atoms with Gasteiger partial charge in [0, 0.05) is 11.6 Å². The van der Waals surface area contributed by atoms with Gasteiger partial charge in [0.15, 0.2) is 0 Å². The van der Waals surface area contributed by atoms with Gasteiger partial charge in [-0.05, 0) is 67.2 Å². The summed E-state index contributed by atoms with van der Waals surface area (Å²) in [4.78, 5) is 11.8. The molecular formula is C20H23ClN2O4S. The highest BCUT2D eigenvalue weighted by Crippen LogP contribution is 2.24. The topological polar surface area (TPSA) is 95.5 Å². The Bertz CT molecular complexity index is 943. The van der Waals surface area contributed by atoms with E-state index in [-0.39, 0.29) is 17.4 Å². The minimum atomic E-state index is -3.72. The molecule has 3 rings (SSSR count). The van der Waals surface area contributed by atoms with Crippen LogP contribution in [0.2, 0.25) is 5.02 Å². The lowest BCUT2D eigenvalue weighted by molar-refractivity contribution is -0.143. The summed E-state index contributed by atoms with van der Waals surface area (Å²) in [6.07, 6.45) is 1.12. The van der Waals surface area contributed by atoms with Crippen molar-refractivity contribution in [3.05, 3.63) is 64.7 Å². The maximum absolute atomic E-state index is 12.6. The van der Waals surface area contributed by atoms with E-state index >= 15 is 0 Å². The number of carbonyl (C=O) groups is 1. The van der Waals surface area contributed by atoms with E-state index in [1.165, 1.54) is 6.07 Å². The Hall–Kier alpha value is -1.93. The van der Waals surface area contributed by atoms with Gasteiger partial charge in [0.05, 0.1) is 10.8 Å². The number of nitrogens with one attached hydrogen (secondary N) is 2. The highest BCUT2D eigenvalue weighted by atomic mass is 35.5. The van der Waals surface area contributed by atoms with Crippen LogP contribution in [0.4, 0.5) is 0 Å². The molecule has 1 heterocycles. The van der Waals surface area contributed by atoms with Gasteiger partial charge < -0.3 is 10.4 Å². The van der Waals surface area contributed by atoms with Gasteiger partial charge in [-0.15, -0.1) is 0 Å². The summed E-state index contributed by atoms with van der Waals surface area (Å²) >= 11 is 5.93. The first-order chi connectivity index (χ1) is 13.3. The zero-order valence-corrected chi connectivity index (χ0v) is 16.8. The lowest BCUT2D eigenvalue weighted by Gasteiger charge is -2.19. The second-order valence-corrected chi connectivity index (χ2v) is 9.21. The summed E-state index contributed by atoms with van der Waals surface area (Å²) in [5.41, 5.74) is 1.46. The van der Waals surface area contributed by atoms with Crippen LogP contribution in [0.15, 0.2) is 53.4 Å². The van der Waals surface area contributed by atoms with Crippen molar-refractivity contribution in [2.45, 2.75) is 24.3 Å². The van der Waals surface area contributed by atoms with Crippen molar-refractivity contribution in [2.75, 3.05) is 13.1 Å². The second-order valence-electron chi connectivity index (χ2n) is 7.00. The first-order valence-corrected chi connectivity index (χ1v) is 11.0. The maximum atomic E-state index is 12.6. The molecule has 8 heteroatoms. The lowest BCUT2D eigenvalue weighted by Crippen LogP contribution is -2.27. The summed E-state index contributed by atoms with van der Waals surface area (Å²) in [5, 5.41) is 13.3. The number of hydrogen-bond donors (Lipinski definition) is 3. The molecule has 0 aliphatic carbocycles. The predicted octanol–water partition coefficient (Wildman–Crippen LogP) is 2.67. The smallest absolute Gasteiger partial charge is 0.307 e. The summed E-state index contributed by atoms with van der Waals surface area (Å²) < 4.78 is 27.9. The quantitative estimate of drug-likeness (QED) is 0.607. The molecule has 0 unspecified atom stereocenters. The van der Waals surface area contributed by atoms with Crippen molar-refractivity contribution in [2.24, 2.45) is 11.8 Å². The zero-order chi connectivity index (χ0) is 20.1. The van der Waals surface area contributed by atoms with Crippen molar-refractivity contribution in [1.82, 2.24) is 10.0 Å². The van der Waals surface area contributed by atoms with Crippen LogP contribution in [0.5, 0.6) is 0 Å². The third-order valence-corrected chi connectivity index (χ3v) is 6.64. The van der Waals surface area contributed by atoms with E-state index in [0.717, 1.165) is 18.5 Å². The normalized spacial score (nSPS) is 18.1. The van der Waals surface area contributed by atoms with E-state index in [4.69, 9.17) is 11.6 Å². The molecule has 0 bridgehead atoms. The monoisotopic (exact) mass is 422 g/mol. The molecule has 0 radical (unpaired) electrons. The van der Waals surface area contributed by atoms with Gasteiger partial charge in [-0.25, -0.2) is 13.1 Å². The van der Waals surface area contributed by atoms with E-state index in [1.807, 2.05) is 0 Å². The minimum absolute atomic E-state index is 0.0544. The van der Waals surface area contributed by atoms with Crippen LogP contribution in [0, 0.1) is 11.8 Å². The second kappa shape index (κ2) is 9.05. The number of benzene rings is 2. The standard InChI is InChI=1S/C20H23ClN2O4S/c21-17-5-1-4-15(9-17)12-23-28(26,27)18-6-2-3-14(10-18)11-19(20(24)25)16-7-8-22-13-16/h1-6,9-10,16,19,22-23H,7-8,11-13H2,(H,24,25)/t16-,19-/m0/s1. The molecule has 0 amide bonds. The Balaban J connectivity index is 1.72. The van der Waals surface area contributed by atoms with Crippen LogP contribution in [-0.4, -0.2) is 32.6 Å². The molecule has 150 valence electrons. The van der Waals surface area contributed by atoms with Gasteiger partial charge in [-0.3, -0.25) is 4.79 Å². The SMILES string of the molecule is O=C(O)[C@@H](Cc1cccc(S(=O)(=O)NCc2cccc(Cl)c2)c1)[C@H]1CCNC1. The summed E-state index contributed by atoms with van der Waals surface area (Å²) in [6.45, 7) is 1.62. The highest BCUT2D eigenvalue weighted by Gasteiger charge is 2.30. The van der Waals surface area contributed by atoms with Crippen molar-refractivity contribution in [1.29, 1.82) is 0 Å². The van der Waals surface area contributed by atoms with Crippen molar-refractivity contribution in [3.8, 4) is 0 Å². The summed E-state index contributed by atoms with van der Waals surface area (Å²) in [6, 6.07) is 13.5. The fourth-order valence-electron chi connectivity index (χ4n) is 3.48. The van der Waals surface area contributed by atoms with Gasteiger partial charge in [0.25, 0.3) is 0 Å². The van der Waals surface area contributed by atoms with Crippen LogP contribution >= 0.6 is 11.6 Å². The number of rotatable bonds is 8. The first-order valence-electron chi connectivity index (χ1n) is 9.12. The molecule has 2 aromatic rings. The maximum Gasteiger partial charge on any atom is 0.307 e. The zero-order valence-electron chi connectivity index (χ0n) is 15.3. The van der Waals surface area contributed by atoms with Crippen LogP contribution < -0.4 is 10.0 Å². The Kier molecular flexibility index (Phi) is 6.72. The molecule has 28 heavy (non-hydrogen) atoms. The number of carboxylic acid groups (broad SMARTS) is 1. The Morgan fingerprint density at radius 1 is 1.21 bits per heavy atom. The molecule has 0 aromatic heterocycles. The first kappa shape index (κ1) is 20.8. The molecular weight excluding hydrogens is 400 g/mol. The number of sulfonamides is 1. The van der Waals surface area contributed by atoms with Gasteiger partial charge in [-0.2, -0.15) is 0 Å². The summed E-state index contributed by atoms with van der Waals surface area (Å²) in [5.74, 6) is -1.33. The lowest BCUT2D eigenvalue weighted by atomic mass is 9.86. The van der Waals surface area contributed by atoms with Crippen molar-refractivity contribution >= 4 is 27.6 Å². The Morgan fingerprint density at radius 2 is 1.96 bits per heavy atom. The number of carboxylic acids is 1. The molecule has 1 fully saturated rings. The third-order valence-electron chi connectivity index (χ3n) is 5.00. The molecule has 2 aromatic carbocycles. The molecule has 1 aliphatic heterocycles. The van der Waals surface area contributed by atoms with Crippen molar-refractivity contribution in [3.63, 3.8) is 0 Å². The molecule has 0 spiro atoms. The van der Waals surface area contributed by atoms with E-state index in [1.54, 1.807) is 42.5 Å². The number of halogens is 1. The fourth-order valence-corrected chi connectivity index (χ4v) is 4.78.